The molecule has 0 radical (unpaired) electrons. The van der Waals surface area contributed by atoms with Crippen LogP contribution in [0.1, 0.15) is 35.7 Å². The molecule has 5 heteroatoms. The summed E-state index contributed by atoms with van der Waals surface area (Å²) in [4.78, 5) is 5.74. The molecule has 0 bridgehead atoms. The van der Waals surface area contributed by atoms with Crippen molar-refractivity contribution in [2.24, 2.45) is 5.41 Å². The lowest BCUT2D eigenvalue weighted by atomic mass is 9.79. The van der Waals surface area contributed by atoms with Gasteiger partial charge in [-0.3, -0.25) is 0 Å². The number of hydrogen-bond donors (Lipinski definition) is 2. The summed E-state index contributed by atoms with van der Waals surface area (Å²) in [6.07, 6.45) is 4.31. The summed E-state index contributed by atoms with van der Waals surface area (Å²) in [7, 11) is 1.80. The molecule has 1 unspecified atom stereocenters. The van der Waals surface area contributed by atoms with E-state index in [1.54, 1.807) is 18.4 Å². The third-order valence-corrected chi connectivity index (χ3v) is 5.00. The van der Waals surface area contributed by atoms with E-state index in [4.69, 9.17) is 4.74 Å². The van der Waals surface area contributed by atoms with Crippen LogP contribution in [0.25, 0.3) is 0 Å². The van der Waals surface area contributed by atoms with Crippen molar-refractivity contribution in [2.75, 3.05) is 33.4 Å². The highest BCUT2D eigenvalue weighted by Crippen LogP contribution is 2.29. The van der Waals surface area contributed by atoms with E-state index in [2.05, 4.69) is 29.5 Å². The lowest BCUT2D eigenvalue weighted by Gasteiger charge is -2.38. The Labute approximate surface area is 120 Å². The van der Waals surface area contributed by atoms with Gasteiger partial charge in [-0.25, -0.2) is 4.98 Å². The highest BCUT2D eigenvalue weighted by Gasteiger charge is 2.32. The normalized spacial score (nSPS) is 20.4. The van der Waals surface area contributed by atoms with Crippen LogP contribution in [0, 0.1) is 12.3 Å². The van der Waals surface area contributed by atoms with Crippen LogP contribution < -0.4 is 10.6 Å². The highest BCUT2D eigenvalue weighted by molar-refractivity contribution is 7.11. The zero-order valence-electron chi connectivity index (χ0n) is 12.2. The maximum atomic E-state index is 5.45. The largest absolute Gasteiger partial charge is 0.384 e. The molecule has 2 rings (SSSR count). The monoisotopic (exact) mass is 283 g/mol. The molecule has 108 valence electrons. The van der Waals surface area contributed by atoms with Crippen LogP contribution in [0.5, 0.6) is 0 Å². The second-order valence-electron chi connectivity index (χ2n) is 5.59. The van der Waals surface area contributed by atoms with Crippen LogP contribution in [0.2, 0.25) is 0 Å². The number of nitrogens with one attached hydrogen (secondary N) is 2. The maximum absolute atomic E-state index is 5.45. The molecule has 2 N–H and O–H groups in total. The molecule has 19 heavy (non-hydrogen) atoms. The van der Waals surface area contributed by atoms with Crippen molar-refractivity contribution < 1.29 is 4.74 Å². The van der Waals surface area contributed by atoms with Gasteiger partial charge in [-0.05, 0) is 39.8 Å². The number of thiazole rings is 1. The topological polar surface area (TPSA) is 46.2 Å². The number of aromatic nitrogens is 1. The quantitative estimate of drug-likeness (QED) is 0.839. The van der Waals surface area contributed by atoms with Crippen molar-refractivity contribution in [3.05, 3.63) is 16.1 Å². The Bertz CT molecular complexity index is 382. The molecule has 1 aromatic heterocycles. The summed E-state index contributed by atoms with van der Waals surface area (Å²) < 4.78 is 5.45. The van der Waals surface area contributed by atoms with Gasteiger partial charge >= 0.3 is 0 Å². The predicted molar refractivity (Wildman–Crippen MR) is 79.7 cm³/mol. The smallest absolute Gasteiger partial charge is 0.109 e. The van der Waals surface area contributed by atoms with Crippen molar-refractivity contribution in [1.82, 2.24) is 15.6 Å². The summed E-state index contributed by atoms with van der Waals surface area (Å²) in [5.74, 6) is 0. The molecule has 1 aliphatic heterocycles. The fraction of sp³-hybridized carbons (Fsp3) is 0.786. The molecule has 0 aromatic carbocycles. The number of hydrogen-bond acceptors (Lipinski definition) is 5. The molecule has 2 heterocycles. The number of rotatable bonds is 6. The molecule has 0 saturated carbocycles. The SMILES string of the molecule is COCC1(CNC(C)c2ncc(C)s2)CCNCC1. The van der Waals surface area contributed by atoms with Crippen LogP contribution in [-0.4, -0.2) is 38.3 Å². The Morgan fingerprint density at radius 2 is 2.26 bits per heavy atom. The van der Waals surface area contributed by atoms with E-state index in [0.717, 1.165) is 26.2 Å². The Morgan fingerprint density at radius 1 is 1.53 bits per heavy atom. The minimum Gasteiger partial charge on any atom is -0.384 e. The van der Waals surface area contributed by atoms with Crippen molar-refractivity contribution in [3.63, 3.8) is 0 Å². The zero-order valence-corrected chi connectivity index (χ0v) is 13.0. The molecule has 1 aliphatic rings. The van der Waals surface area contributed by atoms with Gasteiger partial charge in [0.2, 0.25) is 0 Å². The van der Waals surface area contributed by atoms with Crippen molar-refractivity contribution in [2.45, 2.75) is 32.7 Å². The minimum absolute atomic E-state index is 0.278. The van der Waals surface area contributed by atoms with Crippen LogP contribution in [0.15, 0.2) is 6.20 Å². The average molecular weight is 283 g/mol. The number of nitrogens with zero attached hydrogens (tertiary/aromatic N) is 1. The molecule has 0 spiro atoms. The van der Waals surface area contributed by atoms with Gasteiger partial charge < -0.3 is 15.4 Å². The molecule has 1 fully saturated rings. The van der Waals surface area contributed by atoms with Gasteiger partial charge in [-0.1, -0.05) is 0 Å². The Hall–Kier alpha value is -0.490. The summed E-state index contributed by atoms with van der Waals surface area (Å²) in [5, 5.41) is 8.25. The molecular formula is C14H25N3OS. The van der Waals surface area contributed by atoms with Gasteiger partial charge in [0.15, 0.2) is 0 Å². The summed E-state index contributed by atoms with van der Waals surface area (Å²) >= 11 is 1.78. The summed E-state index contributed by atoms with van der Waals surface area (Å²) in [5.41, 5.74) is 0.278. The standard InChI is InChI=1S/C14H25N3OS/c1-11-8-16-13(19-11)12(2)17-9-14(10-18-3)4-6-15-7-5-14/h8,12,15,17H,4-7,9-10H2,1-3H3. The fourth-order valence-electron chi connectivity index (χ4n) is 2.66. The van der Waals surface area contributed by atoms with Gasteiger partial charge in [-0.15, -0.1) is 11.3 Å². The van der Waals surface area contributed by atoms with E-state index in [1.165, 1.54) is 22.7 Å². The first kappa shape index (κ1) is 14.9. The van der Waals surface area contributed by atoms with E-state index in [9.17, 15) is 0 Å². The molecular weight excluding hydrogens is 258 g/mol. The van der Waals surface area contributed by atoms with Crippen LogP contribution in [-0.2, 0) is 4.74 Å². The number of aryl methyl sites for hydroxylation is 1. The van der Waals surface area contributed by atoms with Crippen molar-refractivity contribution >= 4 is 11.3 Å². The molecule has 1 atom stereocenters. The number of methoxy groups -OCH3 is 1. The second-order valence-corrected chi connectivity index (χ2v) is 6.86. The van der Waals surface area contributed by atoms with E-state index < -0.39 is 0 Å². The fourth-order valence-corrected chi connectivity index (χ4v) is 3.47. The maximum Gasteiger partial charge on any atom is 0.109 e. The summed E-state index contributed by atoms with van der Waals surface area (Å²) in [6.45, 7) is 8.33. The molecule has 0 aliphatic carbocycles. The number of piperidine rings is 1. The Balaban J connectivity index is 1.91. The molecule has 0 amide bonds. The lowest BCUT2D eigenvalue weighted by Crippen LogP contribution is -2.46. The van der Waals surface area contributed by atoms with Gasteiger partial charge in [0.05, 0.1) is 12.6 Å². The number of ether oxygens (including phenoxy) is 1. The van der Waals surface area contributed by atoms with Crippen molar-refractivity contribution in [3.8, 4) is 0 Å². The predicted octanol–water partition coefficient (Wildman–Crippen LogP) is 2.12. The Morgan fingerprint density at radius 3 is 2.84 bits per heavy atom. The molecule has 1 aromatic rings. The molecule has 1 saturated heterocycles. The van der Waals surface area contributed by atoms with E-state index in [-0.39, 0.29) is 5.41 Å². The van der Waals surface area contributed by atoms with Crippen molar-refractivity contribution in [1.29, 1.82) is 0 Å². The van der Waals surface area contributed by atoms with Gasteiger partial charge in [0.25, 0.3) is 0 Å². The summed E-state index contributed by atoms with van der Waals surface area (Å²) in [6, 6.07) is 0.322. The highest BCUT2D eigenvalue weighted by atomic mass is 32.1. The van der Waals surface area contributed by atoms with E-state index in [1.807, 2.05) is 6.20 Å². The van der Waals surface area contributed by atoms with E-state index >= 15 is 0 Å². The van der Waals surface area contributed by atoms with Crippen LogP contribution in [0.3, 0.4) is 0 Å². The molecule has 4 nitrogen and oxygen atoms in total. The first-order chi connectivity index (χ1) is 9.15. The van der Waals surface area contributed by atoms with Crippen LogP contribution >= 0.6 is 11.3 Å². The first-order valence-electron chi connectivity index (χ1n) is 7.01. The van der Waals surface area contributed by atoms with Gasteiger partial charge in [0.1, 0.15) is 5.01 Å². The Kier molecular flexibility index (Phi) is 5.33. The van der Waals surface area contributed by atoms with Gasteiger partial charge in [0, 0.05) is 30.1 Å². The third kappa shape index (κ3) is 3.99. The minimum atomic E-state index is 0.278. The average Bonchev–Trinajstić information content (AvgIpc) is 2.84. The third-order valence-electron chi connectivity index (χ3n) is 3.91. The lowest BCUT2D eigenvalue weighted by molar-refractivity contribution is 0.0518. The van der Waals surface area contributed by atoms with Gasteiger partial charge in [-0.2, -0.15) is 0 Å². The zero-order chi connectivity index (χ0) is 13.7. The second kappa shape index (κ2) is 6.79. The van der Waals surface area contributed by atoms with E-state index in [0.29, 0.717) is 6.04 Å². The van der Waals surface area contributed by atoms with Crippen LogP contribution in [0.4, 0.5) is 0 Å². The first-order valence-corrected chi connectivity index (χ1v) is 7.82.